The van der Waals surface area contributed by atoms with Crippen LogP contribution in [0.25, 0.3) is 6.08 Å². The van der Waals surface area contributed by atoms with Gasteiger partial charge in [-0.2, -0.15) is 0 Å². The fraction of sp³-hybridized carbons (Fsp3) is 0.217. The molecule has 2 aromatic rings. The minimum Gasteiger partial charge on any atom is -0.293 e. The Kier molecular flexibility index (Phi) is 8.50. The molecule has 0 saturated carbocycles. The minimum atomic E-state index is -0.600. The number of aryl methyl sites for hydroxylation is 1. The lowest BCUT2D eigenvalue weighted by atomic mass is 10.1. The topological polar surface area (TPSA) is 122 Å². The maximum atomic E-state index is 12.7. The second-order valence-electron chi connectivity index (χ2n) is 7.34. The van der Waals surface area contributed by atoms with Crippen LogP contribution in [0.5, 0.6) is 0 Å². The zero-order chi connectivity index (χ0) is 24.7. The number of benzene rings is 2. The van der Waals surface area contributed by atoms with Crippen molar-refractivity contribution >= 4 is 57.8 Å². The molecule has 0 radical (unpaired) electrons. The molecular formula is C23H22N4O5S2. The van der Waals surface area contributed by atoms with Gasteiger partial charge in [-0.1, -0.05) is 55.2 Å². The third-order valence-corrected chi connectivity index (χ3v) is 6.38. The zero-order valence-corrected chi connectivity index (χ0v) is 19.9. The van der Waals surface area contributed by atoms with Crippen LogP contribution in [-0.4, -0.2) is 38.4 Å². The van der Waals surface area contributed by atoms with Gasteiger partial charge in [0, 0.05) is 30.7 Å². The second kappa shape index (κ2) is 11.5. The minimum absolute atomic E-state index is 0.0646. The number of thiocarbonyl (C=S) groups is 1. The van der Waals surface area contributed by atoms with Gasteiger partial charge in [-0.3, -0.25) is 40.2 Å². The summed E-state index contributed by atoms with van der Waals surface area (Å²) in [6, 6.07) is 12.9. The van der Waals surface area contributed by atoms with Gasteiger partial charge in [0.15, 0.2) is 0 Å². The molecule has 11 heteroatoms. The summed E-state index contributed by atoms with van der Waals surface area (Å²) in [5.41, 5.74) is 6.71. The van der Waals surface area contributed by atoms with Gasteiger partial charge in [-0.15, -0.1) is 0 Å². The maximum absolute atomic E-state index is 12.7. The Hall–Kier alpha value is -3.57. The van der Waals surface area contributed by atoms with Gasteiger partial charge in [0.25, 0.3) is 17.5 Å². The van der Waals surface area contributed by atoms with E-state index in [4.69, 9.17) is 12.2 Å². The number of rotatable bonds is 8. The number of nitrogens with zero attached hydrogens (tertiary/aromatic N) is 2. The van der Waals surface area contributed by atoms with E-state index >= 15 is 0 Å². The van der Waals surface area contributed by atoms with Gasteiger partial charge >= 0.3 is 0 Å². The Labute approximate surface area is 205 Å². The van der Waals surface area contributed by atoms with E-state index in [2.05, 4.69) is 17.8 Å². The molecule has 0 spiro atoms. The molecule has 0 aromatic heterocycles. The molecule has 1 heterocycles. The average molecular weight is 499 g/mol. The van der Waals surface area contributed by atoms with Crippen molar-refractivity contribution in [1.82, 2.24) is 15.8 Å². The molecule has 2 aromatic carbocycles. The van der Waals surface area contributed by atoms with Crippen LogP contribution in [0.15, 0.2) is 53.4 Å². The molecule has 0 unspecified atom stereocenters. The van der Waals surface area contributed by atoms with Crippen molar-refractivity contribution < 1.29 is 19.3 Å². The molecule has 176 valence electrons. The van der Waals surface area contributed by atoms with Crippen LogP contribution < -0.4 is 10.9 Å². The van der Waals surface area contributed by atoms with E-state index in [9.17, 15) is 24.5 Å². The number of non-ortho nitro benzene ring substituents is 1. The Morgan fingerprint density at radius 3 is 2.41 bits per heavy atom. The monoisotopic (exact) mass is 498 g/mol. The van der Waals surface area contributed by atoms with Gasteiger partial charge in [-0.05, 0) is 42.2 Å². The van der Waals surface area contributed by atoms with Crippen molar-refractivity contribution in [2.45, 2.75) is 26.2 Å². The molecule has 1 saturated heterocycles. The fourth-order valence-electron chi connectivity index (χ4n) is 3.09. The molecule has 34 heavy (non-hydrogen) atoms. The van der Waals surface area contributed by atoms with E-state index < -0.39 is 16.7 Å². The molecule has 1 fully saturated rings. The SMILES string of the molecule is CCc1ccc(C=C2SC(=S)N(CCCC(=O)NNC(=O)c3ccc([N+](=O)[O-])cc3)C2=O)cc1. The molecule has 0 aliphatic carbocycles. The van der Waals surface area contributed by atoms with E-state index in [0.29, 0.717) is 15.6 Å². The Morgan fingerprint density at radius 1 is 1.12 bits per heavy atom. The van der Waals surface area contributed by atoms with Gasteiger partial charge in [0.2, 0.25) is 5.91 Å². The number of carbonyl (C=O) groups excluding carboxylic acids is 3. The summed E-state index contributed by atoms with van der Waals surface area (Å²) in [4.78, 5) is 48.9. The van der Waals surface area contributed by atoms with Crippen LogP contribution in [-0.2, 0) is 16.0 Å². The summed E-state index contributed by atoms with van der Waals surface area (Å²) in [5.74, 6) is -1.23. The predicted octanol–water partition coefficient (Wildman–Crippen LogP) is 3.60. The van der Waals surface area contributed by atoms with Crippen LogP contribution in [0.1, 0.15) is 41.3 Å². The number of nitro groups is 1. The third kappa shape index (κ3) is 6.49. The molecule has 3 rings (SSSR count). The molecule has 9 nitrogen and oxygen atoms in total. The average Bonchev–Trinajstić information content (AvgIpc) is 3.10. The highest BCUT2D eigenvalue weighted by atomic mass is 32.2. The summed E-state index contributed by atoms with van der Waals surface area (Å²) >= 11 is 6.55. The quantitative estimate of drug-likeness (QED) is 0.247. The lowest BCUT2D eigenvalue weighted by molar-refractivity contribution is -0.384. The van der Waals surface area contributed by atoms with E-state index in [1.165, 1.54) is 46.5 Å². The zero-order valence-electron chi connectivity index (χ0n) is 18.3. The van der Waals surface area contributed by atoms with Crippen molar-refractivity contribution in [2.75, 3.05) is 6.54 Å². The smallest absolute Gasteiger partial charge is 0.269 e. The van der Waals surface area contributed by atoms with Gasteiger partial charge < -0.3 is 0 Å². The number of thioether (sulfide) groups is 1. The standard InChI is InChI=1S/C23H22N4O5S2/c1-2-15-5-7-16(8-6-15)14-19-22(30)26(23(33)34-19)13-3-4-20(28)24-25-21(29)17-9-11-18(12-10-17)27(31)32/h5-12,14H,2-4,13H2,1H3,(H,24,28)(H,25,29). The van der Waals surface area contributed by atoms with E-state index in [1.54, 1.807) is 6.08 Å². The van der Waals surface area contributed by atoms with Crippen LogP contribution in [0.2, 0.25) is 0 Å². The van der Waals surface area contributed by atoms with Crippen LogP contribution >= 0.6 is 24.0 Å². The van der Waals surface area contributed by atoms with Gasteiger partial charge in [0.1, 0.15) is 4.32 Å². The number of nitro benzene ring substituents is 1. The summed E-state index contributed by atoms with van der Waals surface area (Å²) in [5, 5.41) is 10.7. The molecular weight excluding hydrogens is 476 g/mol. The first-order chi connectivity index (χ1) is 16.3. The largest absolute Gasteiger partial charge is 0.293 e. The summed E-state index contributed by atoms with van der Waals surface area (Å²) in [6.45, 7) is 2.35. The van der Waals surface area contributed by atoms with Crippen molar-refractivity contribution in [2.24, 2.45) is 0 Å². The predicted molar refractivity (Wildman–Crippen MR) is 134 cm³/mol. The molecule has 1 aliphatic rings. The lowest BCUT2D eigenvalue weighted by Crippen LogP contribution is -2.41. The molecule has 3 amide bonds. The Balaban J connectivity index is 1.45. The fourth-order valence-corrected chi connectivity index (χ4v) is 4.40. The second-order valence-corrected chi connectivity index (χ2v) is 9.01. The lowest BCUT2D eigenvalue weighted by Gasteiger charge is -2.14. The number of hydrogen-bond donors (Lipinski definition) is 2. The normalized spacial score (nSPS) is 14.4. The van der Waals surface area contributed by atoms with E-state index in [1.807, 2.05) is 24.3 Å². The Morgan fingerprint density at radius 2 is 1.79 bits per heavy atom. The highest BCUT2D eigenvalue weighted by Gasteiger charge is 2.31. The number of nitrogens with one attached hydrogen (secondary N) is 2. The third-order valence-electron chi connectivity index (χ3n) is 5.00. The summed E-state index contributed by atoms with van der Waals surface area (Å²) in [6.07, 6.45) is 3.16. The van der Waals surface area contributed by atoms with E-state index in [0.717, 1.165) is 12.0 Å². The van der Waals surface area contributed by atoms with Gasteiger partial charge in [-0.25, -0.2) is 0 Å². The van der Waals surface area contributed by atoms with Crippen molar-refractivity contribution in [1.29, 1.82) is 0 Å². The first kappa shape index (κ1) is 25.1. The van der Waals surface area contributed by atoms with Gasteiger partial charge in [0.05, 0.1) is 9.83 Å². The highest BCUT2D eigenvalue weighted by Crippen LogP contribution is 2.32. The van der Waals surface area contributed by atoms with Crippen LogP contribution in [0.3, 0.4) is 0 Å². The van der Waals surface area contributed by atoms with E-state index in [-0.39, 0.29) is 30.1 Å². The van der Waals surface area contributed by atoms with Crippen molar-refractivity contribution in [3.63, 3.8) is 0 Å². The molecule has 0 bridgehead atoms. The van der Waals surface area contributed by atoms with Crippen molar-refractivity contribution in [3.05, 3.63) is 80.2 Å². The summed E-state index contributed by atoms with van der Waals surface area (Å²) in [7, 11) is 0. The molecule has 1 aliphatic heterocycles. The number of hydrazine groups is 1. The van der Waals surface area contributed by atoms with Crippen molar-refractivity contribution in [3.8, 4) is 0 Å². The molecule has 0 atom stereocenters. The maximum Gasteiger partial charge on any atom is 0.269 e. The first-order valence-electron chi connectivity index (χ1n) is 10.5. The number of carbonyl (C=O) groups is 3. The highest BCUT2D eigenvalue weighted by molar-refractivity contribution is 8.26. The molecule has 2 N–H and O–H groups in total. The first-order valence-corrected chi connectivity index (χ1v) is 11.7. The Bertz CT molecular complexity index is 1150. The van der Waals surface area contributed by atoms with Crippen LogP contribution in [0, 0.1) is 10.1 Å². The van der Waals surface area contributed by atoms with Crippen LogP contribution in [0.4, 0.5) is 5.69 Å². The number of hydrogen-bond acceptors (Lipinski definition) is 7. The summed E-state index contributed by atoms with van der Waals surface area (Å²) < 4.78 is 0.438. The number of amides is 3.